The molecule has 0 fully saturated rings. The number of nitrogens with zero attached hydrogens (tertiary/aromatic N) is 1. The smallest absolute Gasteiger partial charge is 0.0678 e. The summed E-state index contributed by atoms with van der Waals surface area (Å²) in [6.45, 7) is 8.92. The predicted molar refractivity (Wildman–Crippen MR) is 162 cm³/mol. The van der Waals surface area contributed by atoms with E-state index in [1.54, 1.807) is 0 Å². The summed E-state index contributed by atoms with van der Waals surface area (Å²) in [5, 5.41) is 7.07. The van der Waals surface area contributed by atoms with E-state index in [-0.39, 0.29) is 5.41 Å². The van der Waals surface area contributed by atoms with Gasteiger partial charge in [0, 0.05) is 41.3 Å². The van der Waals surface area contributed by atoms with Crippen LogP contribution >= 0.6 is 34.3 Å². The molecule has 0 unspecified atom stereocenters. The van der Waals surface area contributed by atoms with Crippen LogP contribution in [0, 0.1) is 0 Å². The molecule has 6 rings (SSSR count). The molecule has 1 nitrogen and oxygen atoms in total. The van der Waals surface area contributed by atoms with Crippen LogP contribution in [0.15, 0.2) is 84.2 Å². The van der Waals surface area contributed by atoms with Crippen LogP contribution in [0.1, 0.15) is 38.8 Å². The second-order valence-corrected chi connectivity index (χ2v) is 12.6. The first kappa shape index (κ1) is 23.5. The van der Waals surface area contributed by atoms with Gasteiger partial charge in [0.15, 0.2) is 0 Å². The molecule has 2 heterocycles. The van der Waals surface area contributed by atoms with Gasteiger partial charge in [-0.3, -0.25) is 0 Å². The van der Waals surface area contributed by atoms with Crippen molar-refractivity contribution in [2.24, 2.45) is 0 Å². The Balaban J connectivity index is 1.62. The van der Waals surface area contributed by atoms with E-state index in [9.17, 15) is 0 Å². The van der Waals surface area contributed by atoms with Gasteiger partial charge < -0.3 is 4.90 Å². The number of rotatable bonds is 4. The van der Waals surface area contributed by atoms with Crippen molar-refractivity contribution < 1.29 is 0 Å². The van der Waals surface area contributed by atoms with Crippen molar-refractivity contribution in [3.8, 4) is 0 Å². The number of benzene rings is 4. The summed E-state index contributed by atoms with van der Waals surface area (Å²) in [6.07, 6.45) is 0.898. The molecule has 0 bridgehead atoms. The first-order valence-corrected chi connectivity index (χ1v) is 14.4. The fourth-order valence-corrected chi connectivity index (χ4v) is 7.61. The molecule has 6 aromatic rings. The third-order valence-electron chi connectivity index (χ3n) is 6.97. The van der Waals surface area contributed by atoms with E-state index >= 15 is 0 Å². The molecule has 0 radical (unpaired) electrons. The number of hydrogen-bond donors (Lipinski definition) is 0. The lowest BCUT2D eigenvalue weighted by molar-refractivity contribution is 0.590. The van der Waals surface area contributed by atoms with Crippen LogP contribution in [0.4, 0.5) is 17.1 Å². The molecule has 0 atom stereocenters. The summed E-state index contributed by atoms with van der Waals surface area (Å²) in [4.78, 5) is 2.34. The lowest BCUT2D eigenvalue weighted by Crippen LogP contribution is -2.13. The Morgan fingerprint density at radius 2 is 1.56 bits per heavy atom. The highest BCUT2D eigenvalue weighted by atomic mass is 35.5. The molecular formula is C32H28ClNS2. The molecule has 0 saturated carbocycles. The molecule has 0 saturated heterocycles. The number of aryl methyl sites for hydroxylation is 1. The number of thiophene rings is 2. The predicted octanol–water partition coefficient (Wildman–Crippen LogP) is 11.3. The van der Waals surface area contributed by atoms with Crippen LogP contribution in [0.5, 0.6) is 0 Å². The maximum absolute atomic E-state index is 7.04. The Labute approximate surface area is 225 Å². The normalized spacial score (nSPS) is 12.1. The Morgan fingerprint density at radius 1 is 0.778 bits per heavy atom. The average molecular weight is 526 g/mol. The van der Waals surface area contributed by atoms with Gasteiger partial charge in [-0.25, -0.2) is 0 Å². The van der Waals surface area contributed by atoms with E-state index in [2.05, 4.69) is 117 Å². The second-order valence-electron chi connectivity index (χ2n) is 10.3. The molecule has 0 spiro atoms. The zero-order valence-electron chi connectivity index (χ0n) is 20.9. The standard InChI is InChI=1S/C32H28ClNS2/c1-5-20-9-8-11-25(30(20)33)34(22-15-13-21(14-16-22)32(2,3)4)26-19-35-31-23(26)17-18-28-29(31)24-10-6-7-12-27(24)36-28/h6-19H,5H2,1-4H3. The van der Waals surface area contributed by atoms with Crippen molar-refractivity contribution in [2.45, 2.75) is 39.5 Å². The number of halogens is 1. The summed E-state index contributed by atoms with van der Waals surface area (Å²) >= 11 is 10.7. The lowest BCUT2D eigenvalue weighted by atomic mass is 9.87. The topological polar surface area (TPSA) is 3.24 Å². The Kier molecular flexibility index (Phi) is 5.83. The van der Waals surface area contributed by atoms with E-state index in [1.165, 1.54) is 41.5 Å². The Morgan fingerprint density at radius 3 is 2.31 bits per heavy atom. The fourth-order valence-electron chi connectivity index (χ4n) is 4.99. The summed E-state index contributed by atoms with van der Waals surface area (Å²) < 4.78 is 4.01. The van der Waals surface area contributed by atoms with Crippen molar-refractivity contribution in [3.05, 3.63) is 100 Å². The molecule has 36 heavy (non-hydrogen) atoms. The third-order valence-corrected chi connectivity index (χ3v) is 9.55. The van der Waals surface area contributed by atoms with E-state index in [0.717, 1.165) is 28.4 Å². The van der Waals surface area contributed by atoms with E-state index < -0.39 is 0 Å². The number of fused-ring (bicyclic) bond motifs is 5. The molecule has 0 N–H and O–H groups in total. The van der Waals surface area contributed by atoms with Crippen LogP contribution in [-0.2, 0) is 11.8 Å². The van der Waals surface area contributed by atoms with Crippen LogP contribution < -0.4 is 4.90 Å². The quantitative estimate of drug-likeness (QED) is 0.221. The van der Waals surface area contributed by atoms with Crippen molar-refractivity contribution >= 4 is 81.6 Å². The highest BCUT2D eigenvalue weighted by molar-refractivity contribution is 7.27. The maximum Gasteiger partial charge on any atom is 0.0678 e. The van der Waals surface area contributed by atoms with Gasteiger partial charge in [-0.1, -0.05) is 81.8 Å². The first-order chi connectivity index (χ1) is 17.4. The largest absolute Gasteiger partial charge is 0.308 e. The van der Waals surface area contributed by atoms with Gasteiger partial charge in [-0.15, -0.1) is 22.7 Å². The van der Waals surface area contributed by atoms with Crippen molar-refractivity contribution in [2.75, 3.05) is 4.90 Å². The van der Waals surface area contributed by atoms with E-state index in [4.69, 9.17) is 11.6 Å². The van der Waals surface area contributed by atoms with Gasteiger partial charge in [-0.2, -0.15) is 0 Å². The molecule has 180 valence electrons. The molecule has 0 amide bonds. The van der Waals surface area contributed by atoms with E-state index in [0.29, 0.717) is 0 Å². The minimum Gasteiger partial charge on any atom is -0.308 e. The first-order valence-electron chi connectivity index (χ1n) is 12.4. The minimum absolute atomic E-state index is 0.101. The van der Waals surface area contributed by atoms with Gasteiger partial charge in [-0.05, 0) is 59.4 Å². The zero-order valence-corrected chi connectivity index (χ0v) is 23.3. The molecule has 0 aliphatic carbocycles. The van der Waals surface area contributed by atoms with Crippen LogP contribution in [0.2, 0.25) is 5.02 Å². The van der Waals surface area contributed by atoms with Crippen molar-refractivity contribution in [1.82, 2.24) is 0 Å². The van der Waals surface area contributed by atoms with Gasteiger partial charge in [0.1, 0.15) is 0 Å². The van der Waals surface area contributed by atoms with Crippen LogP contribution in [-0.4, -0.2) is 0 Å². The molecule has 0 aliphatic heterocycles. The molecule has 4 aromatic carbocycles. The van der Waals surface area contributed by atoms with Gasteiger partial charge in [0.05, 0.1) is 16.4 Å². The molecular weight excluding hydrogens is 498 g/mol. The maximum atomic E-state index is 7.04. The van der Waals surface area contributed by atoms with Crippen LogP contribution in [0.3, 0.4) is 0 Å². The third kappa shape index (κ3) is 3.82. The van der Waals surface area contributed by atoms with Crippen molar-refractivity contribution in [3.63, 3.8) is 0 Å². The number of hydrogen-bond acceptors (Lipinski definition) is 3. The number of anilines is 3. The zero-order chi connectivity index (χ0) is 25.0. The minimum atomic E-state index is 0.101. The fraction of sp³-hybridized carbons (Fsp3) is 0.188. The van der Waals surface area contributed by atoms with Crippen molar-refractivity contribution in [1.29, 1.82) is 0 Å². The lowest BCUT2D eigenvalue weighted by Gasteiger charge is -2.28. The summed E-state index contributed by atoms with van der Waals surface area (Å²) in [5.74, 6) is 0. The van der Waals surface area contributed by atoms with Gasteiger partial charge in [0.2, 0.25) is 0 Å². The SMILES string of the molecule is CCc1cccc(N(c2ccc(C(C)(C)C)cc2)c2csc3c2ccc2sc4ccccc4c23)c1Cl. The average Bonchev–Trinajstić information content (AvgIpc) is 3.46. The van der Waals surface area contributed by atoms with Gasteiger partial charge in [0.25, 0.3) is 0 Å². The molecule has 2 aromatic heterocycles. The summed E-state index contributed by atoms with van der Waals surface area (Å²) in [5.41, 5.74) is 5.90. The summed E-state index contributed by atoms with van der Waals surface area (Å²) in [6, 6.07) is 28.7. The van der Waals surface area contributed by atoms with E-state index in [1.807, 2.05) is 22.7 Å². The highest BCUT2D eigenvalue weighted by Crippen LogP contribution is 2.48. The summed E-state index contributed by atoms with van der Waals surface area (Å²) in [7, 11) is 0. The molecule has 0 aliphatic rings. The second kappa shape index (κ2) is 8.92. The Bertz CT molecular complexity index is 1720. The highest BCUT2D eigenvalue weighted by Gasteiger charge is 2.22. The Hall–Kier alpha value is -2.85. The van der Waals surface area contributed by atoms with Crippen LogP contribution in [0.25, 0.3) is 30.3 Å². The monoisotopic (exact) mass is 525 g/mol. The molecule has 4 heteroatoms. The van der Waals surface area contributed by atoms with Gasteiger partial charge >= 0.3 is 0 Å².